The number of benzene rings is 10. The minimum Gasteiger partial charge on any atom is -0.254 e. The van der Waals surface area contributed by atoms with E-state index in [1.165, 1.54) is 98.0 Å². The number of nitrogens with zero attached hydrogens (tertiary/aromatic N) is 2. The van der Waals surface area contributed by atoms with Gasteiger partial charge in [0.25, 0.3) is 0 Å². The van der Waals surface area contributed by atoms with Crippen LogP contribution in [0.4, 0.5) is 0 Å². The Labute approximate surface area is 341 Å². The fraction of sp³-hybridized carbons (Fsp3) is 0.0526. The molecule has 2 aromatic heterocycles. The van der Waals surface area contributed by atoms with Gasteiger partial charge in [0.1, 0.15) is 0 Å². The number of hydrogen-bond donors (Lipinski definition) is 0. The topological polar surface area (TPSA) is 25.8 Å². The zero-order valence-electron chi connectivity index (χ0n) is 32.7. The molecule has 2 heterocycles. The first-order valence-electron chi connectivity index (χ1n) is 20.6. The van der Waals surface area contributed by atoms with Gasteiger partial charge in [-0.2, -0.15) is 0 Å². The molecule has 13 rings (SSSR count). The molecule has 0 saturated heterocycles. The van der Waals surface area contributed by atoms with E-state index in [0.29, 0.717) is 0 Å². The van der Waals surface area contributed by atoms with Gasteiger partial charge in [-0.05, 0) is 147 Å². The predicted octanol–water partition coefficient (Wildman–Crippen LogP) is 15.3. The minimum atomic E-state index is -0.169. The lowest BCUT2D eigenvalue weighted by Gasteiger charge is -2.23. The highest BCUT2D eigenvalue weighted by atomic mass is 14.7. The van der Waals surface area contributed by atoms with Crippen LogP contribution in [0.25, 0.3) is 120 Å². The van der Waals surface area contributed by atoms with Gasteiger partial charge in [-0.3, -0.25) is 4.98 Å². The summed E-state index contributed by atoms with van der Waals surface area (Å²) in [7, 11) is 0. The third-order valence-corrected chi connectivity index (χ3v) is 13.4. The summed E-state index contributed by atoms with van der Waals surface area (Å²) >= 11 is 0. The standard InChI is InChI=1S/C57H36N2/c1-57(2)52-31-48-41-17-6-4-15-39(41)38-14-3-5-16-40(38)46(48)29-50(52)51-30-47-43-19-8-7-18-42(43)45-28-36(22-24-44(45)49(47)32-53(51)57)35-11-9-12-37(27-35)54-25-23-34-21-20-33-13-10-26-58-55(33)56(34)59-54/h3-32H,1-2H3. The quantitative estimate of drug-likeness (QED) is 0.165. The molecular formula is C57H36N2. The lowest BCUT2D eigenvalue weighted by Crippen LogP contribution is -2.15. The van der Waals surface area contributed by atoms with Crippen LogP contribution in [0.1, 0.15) is 25.0 Å². The van der Waals surface area contributed by atoms with E-state index in [9.17, 15) is 0 Å². The van der Waals surface area contributed by atoms with Crippen molar-refractivity contribution in [3.8, 4) is 33.5 Å². The Morgan fingerprint density at radius 1 is 0.339 bits per heavy atom. The second-order valence-electron chi connectivity index (χ2n) is 16.9. The monoisotopic (exact) mass is 748 g/mol. The maximum Gasteiger partial charge on any atom is 0.0972 e. The van der Waals surface area contributed by atoms with Crippen LogP contribution < -0.4 is 0 Å². The predicted molar refractivity (Wildman–Crippen MR) is 251 cm³/mol. The molecule has 2 nitrogen and oxygen atoms in total. The van der Waals surface area contributed by atoms with Gasteiger partial charge < -0.3 is 0 Å². The molecule has 0 unspecified atom stereocenters. The number of fused-ring (bicyclic) bond motifs is 18. The van der Waals surface area contributed by atoms with Crippen LogP contribution in [0, 0.1) is 0 Å². The number of aromatic nitrogens is 2. The molecule has 0 fully saturated rings. The zero-order valence-corrected chi connectivity index (χ0v) is 32.7. The van der Waals surface area contributed by atoms with Gasteiger partial charge in [-0.15, -0.1) is 0 Å². The molecule has 274 valence electrons. The third-order valence-electron chi connectivity index (χ3n) is 13.4. The molecule has 0 amide bonds. The summed E-state index contributed by atoms with van der Waals surface area (Å²) in [6.45, 7) is 4.83. The van der Waals surface area contributed by atoms with Crippen molar-refractivity contribution in [2.75, 3.05) is 0 Å². The summed E-state index contributed by atoms with van der Waals surface area (Å²) in [5, 5.41) is 17.8. The molecule has 0 bridgehead atoms. The van der Waals surface area contributed by atoms with Crippen molar-refractivity contribution in [3.63, 3.8) is 0 Å². The maximum absolute atomic E-state index is 5.17. The Kier molecular flexibility index (Phi) is 6.54. The average molecular weight is 749 g/mol. The molecule has 0 spiro atoms. The van der Waals surface area contributed by atoms with Crippen LogP contribution in [-0.4, -0.2) is 9.97 Å². The summed E-state index contributed by atoms with van der Waals surface area (Å²) in [4.78, 5) is 9.86. The minimum absolute atomic E-state index is 0.169. The Bertz CT molecular complexity index is 3820. The van der Waals surface area contributed by atoms with Gasteiger partial charge in [0.15, 0.2) is 0 Å². The SMILES string of the molecule is CC1(C)c2cc3c4ccccc4c4ccccc4c3cc2-c2cc3c4ccccc4c4cc(-c5cccc(-c6ccc7ccc8cccnc8c7n6)c5)ccc4c3cc21. The summed E-state index contributed by atoms with van der Waals surface area (Å²) in [5.41, 5.74) is 11.6. The van der Waals surface area contributed by atoms with Crippen molar-refractivity contribution in [3.05, 3.63) is 193 Å². The maximum atomic E-state index is 5.17. The Hall–Kier alpha value is -7.42. The second-order valence-corrected chi connectivity index (χ2v) is 16.9. The van der Waals surface area contributed by atoms with E-state index in [-0.39, 0.29) is 5.41 Å². The molecule has 10 aromatic carbocycles. The fourth-order valence-corrected chi connectivity index (χ4v) is 10.5. The summed E-state index contributed by atoms with van der Waals surface area (Å²) < 4.78 is 0. The van der Waals surface area contributed by atoms with Gasteiger partial charge >= 0.3 is 0 Å². The van der Waals surface area contributed by atoms with E-state index < -0.39 is 0 Å². The highest BCUT2D eigenvalue weighted by Crippen LogP contribution is 2.53. The van der Waals surface area contributed by atoms with Crippen molar-refractivity contribution >= 4 is 86.4 Å². The molecule has 1 aliphatic carbocycles. The summed E-state index contributed by atoms with van der Waals surface area (Å²) in [6.07, 6.45) is 1.85. The van der Waals surface area contributed by atoms with Gasteiger partial charge in [0.2, 0.25) is 0 Å². The molecule has 12 aromatic rings. The van der Waals surface area contributed by atoms with Crippen molar-refractivity contribution in [1.82, 2.24) is 9.97 Å². The molecule has 0 N–H and O–H groups in total. The molecule has 59 heavy (non-hydrogen) atoms. The van der Waals surface area contributed by atoms with Gasteiger partial charge in [0, 0.05) is 27.9 Å². The average Bonchev–Trinajstić information content (AvgIpc) is 3.51. The number of pyridine rings is 2. The van der Waals surface area contributed by atoms with Crippen molar-refractivity contribution in [1.29, 1.82) is 0 Å². The molecule has 0 atom stereocenters. The molecule has 0 radical (unpaired) electrons. The molecule has 0 saturated carbocycles. The van der Waals surface area contributed by atoms with Crippen LogP contribution in [0.2, 0.25) is 0 Å². The summed E-state index contributed by atoms with van der Waals surface area (Å²) in [6, 6.07) is 65.3. The van der Waals surface area contributed by atoms with E-state index >= 15 is 0 Å². The van der Waals surface area contributed by atoms with E-state index in [1.54, 1.807) is 0 Å². The van der Waals surface area contributed by atoms with E-state index in [4.69, 9.17) is 9.97 Å². The Morgan fingerprint density at radius 3 is 1.42 bits per heavy atom. The first-order valence-corrected chi connectivity index (χ1v) is 20.6. The van der Waals surface area contributed by atoms with Crippen molar-refractivity contribution in [2.24, 2.45) is 0 Å². The molecule has 1 aliphatic rings. The Morgan fingerprint density at radius 2 is 0.814 bits per heavy atom. The van der Waals surface area contributed by atoms with Gasteiger partial charge in [-0.25, -0.2) is 4.98 Å². The number of rotatable bonds is 2. The normalized spacial score (nSPS) is 13.4. The Balaban J connectivity index is 0.997. The van der Waals surface area contributed by atoms with Gasteiger partial charge in [-0.1, -0.05) is 141 Å². The largest absolute Gasteiger partial charge is 0.254 e. The second kappa shape index (κ2) is 11.8. The third kappa shape index (κ3) is 4.57. The molecular weight excluding hydrogens is 713 g/mol. The lowest BCUT2D eigenvalue weighted by atomic mass is 9.80. The van der Waals surface area contributed by atoms with Crippen molar-refractivity contribution in [2.45, 2.75) is 19.3 Å². The van der Waals surface area contributed by atoms with Crippen molar-refractivity contribution < 1.29 is 0 Å². The summed E-state index contributed by atoms with van der Waals surface area (Å²) in [5.74, 6) is 0. The van der Waals surface area contributed by atoms with Crippen LogP contribution >= 0.6 is 0 Å². The van der Waals surface area contributed by atoms with Crippen LogP contribution in [0.15, 0.2) is 182 Å². The van der Waals surface area contributed by atoms with E-state index in [2.05, 4.69) is 184 Å². The van der Waals surface area contributed by atoms with E-state index in [0.717, 1.165) is 33.1 Å². The first-order chi connectivity index (χ1) is 29.0. The fourth-order valence-electron chi connectivity index (χ4n) is 10.5. The van der Waals surface area contributed by atoms with Crippen LogP contribution in [0.3, 0.4) is 0 Å². The lowest BCUT2D eigenvalue weighted by molar-refractivity contribution is 0.662. The molecule has 2 heteroatoms. The van der Waals surface area contributed by atoms with Gasteiger partial charge in [0.05, 0.1) is 16.7 Å². The smallest absolute Gasteiger partial charge is 0.0972 e. The highest BCUT2D eigenvalue weighted by Gasteiger charge is 2.37. The van der Waals surface area contributed by atoms with Crippen LogP contribution in [-0.2, 0) is 5.41 Å². The molecule has 0 aliphatic heterocycles. The van der Waals surface area contributed by atoms with Crippen LogP contribution in [0.5, 0.6) is 0 Å². The number of hydrogen-bond acceptors (Lipinski definition) is 2. The highest BCUT2D eigenvalue weighted by molar-refractivity contribution is 6.28. The first kappa shape index (κ1) is 32.6. The zero-order chi connectivity index (χ0) is 39.0. The van der Waals surface area contributed by atoms with E-state index in [1.807, 2.05) is 12.3 Å².